The summed E-state index contributed by atoms with van der Waals surface area (Å²) < 4.78 is 5.94. The number of anilines is 1. The molecule has 3 amide bonds. The second-order valence-corrected chi connectivity index (χ2v) is 9.03. The molecule has 0 fully saturated rings. The van der Waals surface area contributed by atoms with Gasteiger partial charge in [-0.1, -0.05) is 36.4 Å². The smallest absolute Gasteiger partial charge is 0.271 e. The molecular formula is C23H24N4O4S. The van der Waals surface area contributed by atoms with Crippen LogP contribution in [-0.4, -0.2) is 34.0 Å². The molecule has 0 aliphatic carbocycles. The second kappa shape index (κ2) is 8.31. The molecule has 1 atom stereocenters. The minimum absolute atomic E-state index is 0.0173. The van der Waals surface area contributed by atoms with Crippen LogP contribution in [0.15, 0.2) is 53.6 Å². The molecule has 1 N–H and O–H groups in total. The van der Waals surface area contributed by atoms with Crippen molar-refractivity contribution in [2.75, 3.05) is 4.90 Å². The highest BCUT2D eigenvalue weighted by Crippen LogP contribution is 2.54. The van der Waals surface area contributed by atoms with Gasteiger partial charge in [0.05, 0.1) is 18.3 Å². The Morgan fingerprint density at radius 3 is 2.50 bits per heavy atom. The summed E-state index contributed by atoms with van der Waals surface area (Å²) in [6.07, 6.45) is -0.0173. The highest BCUT2D eigenvalue weighted by Gasteiger charge is 2.61. The fourth-order valence-corrected chi connectivity index (χ4v) is 5.23. The quantitative estimate of drug-likeness (QED) is 0.769. The number of nitrogens with one attached hydrogen (secondary N) is 1. The van der Waals surface area contributed by atoms with Gasteiger partial charge in [0.1, 0.15) is 5.75 Å². The molecule has 166 valence electrons. The molecule has 2 aliphatic heterocycles. The van der Waals surface area contributed by atoms with E-state index in [1.165, 1.54) is 18.9 Å². The number of hydrazone groups is 1. The van der Waals surface area contributed by atoms with Crippen molar-refractivity contribution in [2.45, 2.75) is 45.2 Å². The first-order valence-electron chi connectivity index (χ1n) is 10.3. The third-order valence-corrected chi connectivity index (χ3v) is 6.31. The minimum atomic E-state index is -1.41. The summed E-state index contributed by atoms with van der Waals surface area (Å²) in [4.78, 5) is 38.3. The van der Waals surface area contributed by atoms with E-state index in [0.717, 1.165) is 17.3 Å². The van der Waals surface area contributed by atoms with E-state index in [1.54, 1.807) is 4.90 Å². The number of fused-ring (bicyclic) bond motifs is 2. The lowest BCUT2D eigenvalue weighted by atomic mass is 10.1. The monoisotopic (exact) mass is 452 g/mol. The van der Waals surface area contributed by atoms with E-state index in [4.69, 9.17) is 4.74 Å². The first-order chi connectivity index (χ1) is 15.2. The standard InChI is InChI=1S/C23H24N4O4S/c1-14(2)31-20-12-8-5-9-17(20)13-26-19-11-7-6-10-18(19)23(21(26)30)27(16(4)29)25-22(32-23)24-15(3)28/h5-12,14H,13H2,1-4H3,(H,24,25,28). The lowest BCUT2D eigenvalue weighted by Crippen LogP contribution is -2.48. The van der Waals surface area contributed by atoms with E-state index in [0.29, 0.717) is 17.0 Å². The van der Waals surface area contributed by atoms with Crippen molar-refractivity contribution in [3.63, 3.8) is 0 Å². The van der Waals surface area contributed by atoms with E-state index in [1.807, 2.05) is 62.4 Å². The number of nitrogens with zero attached hydrogens (tertiary/aromatic N) is 3. The summed E-state index contributed by atoms with van der Waals surface area (Å²) in [7, 11) is 0. The summed E-state index contributed by atoms with van der Waals surface area (Å²) in [5.74, 6) is -0.327. The van der Waals surface area contributed by atoms with Gasteiger partial charge in [-0.2, -0.15) is 5.01 Å². The summed E-state index contributed by atoms with van der Waals surface area (Å²) in [6, 6.07) is 14.9. The average molecular weight is 453 g/mol. The number of para-hydroxylation sites is 2. The summed E-state index contributed by atoms with van der Waals surface area (Å²) in [5.41, 5.74) is 2.19. The van der Waals surface area contributed by atoms with Gasteiger partial charge < -0.3 is 15.0 Å². The van der Waals surface area contributed by atoms with E-state index in [2.05, 4.69) is 10.4 Å². The van der Waals surface area contributed by atoms with Crippen LogP contribution in [0.3, 0.4) is 0 Å². The van der Waals surface area contributed by atoms with Gasteiger partial charge in [-0.3, -0.25) is 14.4 Å². The predicted octanol–water partition coefficient (Wildman–Crippen LogP) is 3.18. The van der Waals surface area contributed by atoms with Crippen molar-refractivity contribution in [1.29, 1.82) is 0 Å². The fraction of sp³-hybridized carbons (Fsp3) is 0.304. The van der Waals surface area contributed by atoms with Crippen LogP contribution < -0.4 is 15.0 Å². The highest BCUT2D eigenvalue weighted by atomic mass is 32.2. The molecule has 32 heavy (non-hydrogen) atoms. The Hall–Kier alpha value is -3.33. The number of ether oxygens (including phenoxy) is 1. The molecular weight excluding hydrogens is 428 g/mol. The second-order valence-electron chi connectivity index (χ2n) is 7.85. The lowest BCUT2D eigenvalue weighted by molar-refractivity contribution is -0.139. The van der Waals surface area contributed by atoms with Gasteiger partial charge in [0.2, 0.25) is 16.7 Å². The molecule has 4 rings (SSSR count). The van der Waals surface area contributed by atoms with Crippen LogP contribution in [0.4, 0.5) is 5.69 Å². The maximum absolute atomic E-state index is 14.0. The van der Waals surface area contributed by atoms with Crippen molar-refractivity contribution in [1.82, 2.24) is 10.3 Å². The van der Waals surface area contributed by atoms with Gasteiger partial charge in [0.25, 0.3) is 5.91 Å². The van der Waals surface area contributed by atoms with Crippen LogP contribution in [0.2, 0.25) is 0 Å². The number of amides is 3. The zero-order valence-electron chi connectivity index (χ0n) is 18.3. The lowest BCUT2D eigenvalue weighted by Gasteiger charge is -2.29. The molecule has 0 bridgehead atoms. The van der Waals surface area contributed by atoms with E-state index in [-0.39, 0.29) is 29.6 Å². The third-order valence-electron chi connectivity index (χ3n) is 5.07. The number of hydrogen-bond acceptors (Lipinski definition) is 6. The summed E-state index contributed by atoms with van der Waals surface area (Å²) in [5, 5.41) is 8.26. The molecule has 0 saturated carbocycles. The van der Waals surface area contributed by atoms with Crippen molar-refractivity contribution in [3.8, 4) is 5.75 Å². The summed E-state index contributed by atoms with van der Waals surface area (Å²) in [6.45, 7) is 6.87. The number of benzene rings is 2. The first kappa shape index (κ1) is 21.9. The average Bonchev–Trinajstić information content (AvgIpc) is 3.21. The van der Waals surface area contributed by atoms with Gasteiger partial charge in [0, 0.05) is 25.0 Å². The van der Waals surface area contributed by atoms with Crippen LogP contribution in [0.1, 0.15) is 38.8 Å². The SMILES string of the molecule is CC(=O)NC1=NN(C(C)=O)C2(S1)C(=O)N(Cc1ccccc1OC(C)C)c1ccccc12. The maximum atomic E-state index is 14.0. The third kappa shape index (κ3) is 3.62. The van der Waals surface area contributed by atoms with Crippen molar-refractivity contribution in [3.05, 3.63) is 59.7 Å². The Morgan fingerprint density at radius 2 is 1.81 bits per heavy atom. The number of carbonyl (C=O) groups is 3. The van der Waals surface area contributed by atoms with E-state index < -0.39 is 10.8 Å². The zero-order valence-corrected chi connectivity index (χ0v) is 19.1. The van der Waals surface area contributed by atoms with E-state index >= 15 is 0 Å². The predicted molar refractivity (Wildman–Crippen MR) is 123 cm³/mol. The summed E-state index contributed by atoms with van der Waals surface area (Å²) >= 11 is 1.07. The zero-order chi connectivity index (χ0) is 23.0. The topological polar surface area (TPSA) is 91.3 Å². The van der Waals surface area contributed by atoms with Gasteiger partial charge in [-0.05, 0) is 37.7 Å². The van der Waals surface area contributed by atoms with Crippen LogP contribution in [-0.2, 0) is 25.8 Å². The number of thioether (sulfide) groups is 1. The minimum Gasteiger partial charge on any atom is -0.491 e. The Labute approximate surface area is 190 Å². The maximum Gasteiger partial charge on any atom is 0.271 e. The van der Waals surface area contributed by atoms with Crippen LogP contribution >= 0.6 is 11.8 Å². The molecule has 8 nitrogen and oxygen atoms in total. The molecule has 2 aliphatic rings. The van der Waals surface area contributed by atoms with Gasteiger partial charge in [-0.15, -0.1) is 5.10 Å². The molecule has 1 unspecified atom stereocenters. The molecule has 9 heteroatoms. The molecule has 2 heterocycles. The van der Waals surface area contributed by atoms with Crippen molar-refractivity contribution >= 4 is 40.3 Å². The fourth-order valence-electron chi connectivity index (χ4n) is 3.90. The Morgan fingerprint density at radius 1 is 1.12 bits per heavy atom. The molecule has 0 saturated heterocycles. The number of hydrogen-bond donors (Lipinski definition) is 1. The normalized spacial score (nSPS) is 19.4. The van der Waals surface area contributed by atoms with Gasteiger partial charge >= 0.3 is 0 Å². The van der Waals surface area contributed by atoms with E-state index in [9.17, 15) is 14.4 Å². The molecule has 1 spiro atoms. The van der Waals surface area contributed by atoms with Gasteiger partial charge in [0.15, 0.2) is 5.17 Å². The molecule has 0 radical (unpaired) electrons. The van der Waals surface area contributed by atoms with Crippen LogP contribution in [0.25, 0.3) is 0 Å². The van der Waals surface area contributed by atoms with Gasteiger partial charge in [-0.25, -0.2) is 0 Å². The van der Waals surface area contributed by atoms with Crippen LogP contribution in [0, 0.1) is 0 Å². The number of amidine groups is 1. The first-order valence-corrected chi connectivity index (χ1v) is 11.1. The van der Waals surface area contributed by atoms with Crippen LogP contribution in [0.5, 0.6) is 5.75 Å². The van der Waals surface area contributed by atoms with Crippen molar-refractivity contribution < 1.29 is 19.1 Å². The Bertz CT molecular complexity index is 1130. The number of rotatable bonds is 4. The molecule has 0 aromatic heterocycles. The van der Waals surface area contributed by atoms with Crippen molar-refractivity contribution in [2.24, 2.45) is 5.10 Å². The molecule has 2 aromatic carbocycles. The Balaban J connectivity index is 1.77. The number of carbonyl (C=O) groups excluding carboxylic acids is 3. The molecule has 2 aromatic rings. The highest BCUT2D eigenvalue weighted by molar-refractivity contribution is 8.15. The largest absolute Gasteiger partial charge is 0.491 e. The Kier molecular flexibility index (Phi) is 5.68.